The number of benzene rings is 1. The first-order valence-electron chi connectivity index (χ1n) is 8.38. The van der Waals surface area contributed by atoms with Crippen LogP contribution in [0.1, 0.15) is 44.6 Å². The van der Waals surface area contributed by atoms with Crippen LogP contribution < -0.4 is 5.32 Å². The van der Waals surface area contributed by atoms with E-state index in [1.54, 1.807) is 0 Å². The molecular weight excluding hydrogens is 244 g/mol. The first-order valence-corrected chi connectivity index (χ1v) is 8.38. The summed E-state index contributed by atoms with van der Waals surface area (Å²) in [5.41, 5.74) is 1.46. The van der Waals surface area contributed by atoms with E-state index in [0.717, 1.165) is 13.0 Å². The van der Waals surface area contributed by atoms with Gasteiger partial charge in [-0.05, 0) is 44.3 Å². The van der Waals surface area contributed by atoms with E-state index in [-0.39, 0.29) is 0 Å². The lowest BCUT2D eigenvalue weighted by atomic mass is 10.0. The second-order valence-electron chi connectivity index (χ2n) is 6.03. The number of nitrogens with zero attached hydrogens (tertiary/aromatic N) is 1. The Morgan fingerprint density at radius 3 is 2.55 bits per heavy atom. The van der Waals surface area contributed by atoms with E-state index in [0.29, 0.717) is 6.04 Å². The van der Waals surface area contributed by atoms with E-state index in [1.165, 1.54) is 57.3 Å². The van der Waals surface area contributed by atoms with Gasteiger partial charge in [-0.3, -0.25) is 0 Å². The minimum Gasteiger partial charge on any atom is -0.312 e. The van der Waals surface area contributed by atoms with Crippen molar-refractivity contribution in [2.75, 3.05) is 26.2 Å². The molecule has 1 saturated heterocycles. The van der Waals surface area contributed by atoms with Crippen LogP contribution in [-0.2, 0) is 6.42 Å². The summed E-state index contributed by atoms with van der Waals surface area (Å²) in [7, 11) is 0. The van der Waals surface area contributed by atoms with E-state index >= 15 is 0 Å². The standard InChI is InChI=1S/C18H30N2/c1-2-9-18(16-17-10-5-3-6-11-17)19-12-15-20-13-7-4-8-14-20/h3,5-6,10-11,18-19H,2,4,7-9,12-16H2,1H3. The molecule has 0 radical (unpaired) electrons. The molecule has 112 valence electrons. The highest BCUT2D eigenvalue weighted by atomic mass is 15.1. The van der Waals surface area contributed by atoms with Gasteiger partial charge in [-0.2, -0.15) is 0 Å². The summed E-state index contributed by atoms with van der Waals surface area (Å²) in [5, 5.41) is 3.77. The van der Waals surface area contributed by atoms with Crippen molar-refractivity contribution in [3.63, 3.8) is 0 Å². The summed E-state index contributed by atoms with van der Waals surface area (Å²) >= 11 is 0. The third-order valence-corrected chi connectivity index (χ3v) is 4.27. The molecule has 1 aliphatic rings. The largest absolute Gasteiger partial charge is 0.312 e. The van der Waals surface area contributed by atoms with Crippen LogP contribution in [0.25, 0.3) is 0 Å². The monoisotopic (exact) mass is 274 g/mol. The van der Waals surface area contributed by atoms with Crippen LogP contribution in [0, 0.1) is 0 Å². The van der Waals surface area contributed by atoms with E-state index in [1.807, 2.05) is 0 Å². The van der Waals surface area contributed by atoms with E-state index < -0.39 is 0 Å². The maximum absolute atomic E-state index is 3.77. The van der Waals surface area contributed by atoms with Gasteiger partial charge in [0.25, 0.3) is 0 Å². The van der Waals surface area contributed by atoms with Crippen molar-refractivity contribution in [3.05, 3.63) is 35.9 Å². The lowest BCUT2D eigenvalue weighted by Crippen LogP contribution is -2.40. The number of hydrogen-bond acceptors (Lipinski definition) is 2. The first kappa shape index (κ1) is 15.5. The van der Waals surface area contributed by atoms with Gasteiger partial charge in [-0.25, -0.2) is 0 Å². The van der Waals surface area contributed by atoms with Crippen LogP contribution in [0.5, 0.6) is 0 Å². The van der Waals surface area contributed by atoms with Gasteiger partial charge in [0.15, 0.2) is 0 Å². The van der Waals surface area contributed by atoms with Crippen LogP contribution in [0.4, 0.5) is 0 Å². The number of likely N-dealkylation sites (tertiary alicyclic amines) is 1. The molecule has 1 aliphatic heterocycles. The van der Waals surface area contributed by atoms with Crippen LogP contribution in [-0.4, -0.2) is 37.1 Å². The van der Waals surface area contributed by atoms with Gasteiger partial charge in [0.2, 0.25) is 0 Å². The zero-order valence-corrected chi connectivity index (χ0v) is 13.0. The van der Waals surface area contributed by atoms with Gasteiger partial charge in [0, 0.05) is 19.1 Å². The molecule has 0 spiro atoms. The Balaban J connectivity index is 1.71. The minimum atomic E-state index is 0.632. The summed E-state index contributed by atoms with van der Waals surface area (Å²) < 4.78 is 0. The Hall–Kier alpha value is -0.860. The summed E-state index contributed by atoms with van der Waals surface area (Å²) in [5.74, 6) is 0. The Morgan fingerprint density at radius 1 is 1.10 bits per heavy atom. The van der Waals surface area contributed by atoms with Crippen molar-refractivity contribution >= 4 is 0 Å². The molecule has 20 heavy (non-hydrogen) atoms. The molecular formula is C18H30N2. The normalized spacial score (nSPS) is 18.1. The molecule has 1 aromatic carbocycles. The smallest absolute Gasteiger partial charge is 0.0108 e. The Bertz CT molecular complexity index is 344. The molecule has 0 amide bonds. The Kier molecular flexibility index (Phi) is 7.10. The van der Waals surface area contributed by atoms with Gasteiger partial charge < -0.3 is 10.2 Å². The van der Waals surface area contributed by atoms with Crippen LogP contribution in [0.2, 0.25) is 0 Å². The van der Waals surface area contributed by atoms with E-state index in [4.69, 9.17) is 0 Å². The van der Waals surface area contributed by atoms with Crippen molar-refractivity contribution in [1.29, 1.82) is 0 Å². The SMILES string of the molecule is CCCC(Cc1ccccc1)NCCN1CCCCC1. The summed E-state index contributed by atoms with van der Waals surface area (Å²) in [6, 6.07) is 11.5. The average molecular weight is 274 g/mol. The van der Waals surface area contributed by atoms with Crippen molar-refractivity contribution in [2.24, 2.45) is 0 Å². The molecule has 2 rings (SSSR count). The highest BCUT2D eigenvalue weighted by molar-refractivity contribution is 5.15. The third kappa shape index (κ3) is 5.64. The zero-order valence-electron chi connectivity index (χ0n) is 13.0. The molecule has 0 bridgehead atoms. The quantitative estimate of drug-likeness (QED) is 0.781. The van der Waals surface area contributed by atoms with Gasteiger partial charge >= 0.3 is 0 Å². The second kappa shape index (κ2) is 9.15. The first-order chi connectivity index (χ1) is 9.88. The lowest BCUT2D eigenvalue weighted by molar-refractivity contribution is 0.225. The molecule has 1 aromatic rings. The van der Waals surface area contributed by atoms with Gasteiger partial charge in [-0.15, -0.1) is 0 Å². The fourth-order valence-corrected chi connectivity index (χ4v) is 3.13. The fraction of sp³-hybridized carbons (Fsp3) is 0.667. The zero-order chi connectivity index (χ0) is 14.0. The van der Waals surface area contributed by atoms with Crippen molar-refractivity contribution in [3.8, 4) is 0 Å². The molecule has 1 N–H and O–H groups in total. The second-order valence-corrected chi connectivity index (χ2v) is 6.03. The highest BCUT2D eigenvalue weighted by Gasteiger charge is 2.11. The molecule has 1 heterocycles. The van der Waals surface area contributed by atoms with Crippen LogP contribution in [0.3, 0.4) is 0 Å². The molecule has 0 saturated carbocycles. The van der Waals surface area contributed by atoms with Gasteiger partial charge in [0.05, 0.1) is 0 Å². The summed E-state index contributed by atoms with van der Waals surface area (Å²) in [4.78, 5) is 2.61. The van der Waals surface area contributed by atoms with Crippen LogP contribution in [0.15, 0.2) is 30.3 Å². The Labute approximate surface area is 124 Å². The van der Waals surface area contributed by atoms with E-state index in [9.17, 15) is 0 Å². The number of rotatable bonds is 8. The highest BCUT2D eigenvalue weighted by Crippen LogP contribution is 2.09. The molecule has 0 aliphatic carbocycles. The van der Waals surface area contributed by atoms with Crippen LogP contribution >= 0.6 is 0 Å². The molecule has 0 aromatic heterocycles. The third-order valence-electron chi connectivity index (χ3n) is 4.27. The minimum absolute atomic E-state index is 0.632. The van der Waals surface area contributed by atoms with Crippen molar-refractivity contribution < 1.29 is 0 Å². The Morgan fingerprint density at radius 2 is 1.85 bits per heavy atom. The molecule has 1 atom stereocenters. The van der Waals surface area contributed by atoms with Crippen molar-refractivity contribution in [1.82, 2.24) is 10.2 Å². The summed E-state index contributed by atoms with van der Waals surface area (Å²) in [6.45, 7) is 7.24. The van der Waals surface area contributed by atoms with Gasteiger partial charge in [0.1, 0.15) is 0 Å². The topological polar surface area (TPSA) is 15.3 Å². The molecule has 2 nitrogen and oxygen atoms in total. The maximum Gasteiger partial charge on any atom is 0.0108 e. The number of hydrogen-bond donors (Lipinski definition) is 1. The molecule has 2 heteroatoms. The van der Waals surface area contributed by atoms with E-state index in [2.05, 4.69) is 47.5 Å². The number of piperidine rings is 1. The summed E-state index contributed by atoms with van der Waals surface area (Å²) in [6.07, 6.45) is 7.90. The predicted molar refractivity (Wildman–Crippen MR) is 87.1 cm³/mol. The molecule has 1 unspecified atom stereocenters. The fourth-order valence-electron chi connectivity index (χ4n) is 3.13. The van der Waals surface area contributed by atoms with Gasteiger partial charge in [-0.1, -0.05) is 50.1 Å². The lowest BCUT2D eigenvalue weighted by Gasteiger charge is -2.27. The number of nitrogens with one attached hydrogen (secondary N) is 1. The average Bonchev–Trinajstić information content (AvgIpc) is 2.49. The maximum atomic E-state index is 3.77. The predicted octanol–water partition coefficient (Wildman–Crippen LogP) is 3.47. The van der Waals surface area contributed by atoms with Crippen molar-refractivity contribution in [2.45, 2.75) is 51.5 Å². The molecule has 1 fully saturated rings.